The third-order valence-electron chi connectivity index (χ3n) is 1.68. The Balaban J connectivity index is 2.21. The Morgan fingerprint density at radius 3 is 3.00 bits per heavy atom. The van der Waals surface area contributed by atoms with Crippen molar-refractivity contribution in [3.05, 3.63) is 17.9 Å². The molecule has 7 nitrogen and oxygen atoms in total. The van der Waals surface area contributed by atoms with Crippen LogP contribution in [0.3, 0.4) is 0 Å². The van der Waals surface area contributed by atoms with E-state index in [0.717, 1.165) is 0 Å². The Kier molecular flexibility index (Phi) is 3.47. The second-order valence-electron chi connectivity index (χ2n) is 2.83. The summed E-state index contributed by atoms with van der Waals surface area (Å²) in [4.78, 5) is 15.5. The summed E-state index contributed by atoms with van der Waals surface area (Å²) in [6.07, 6.45) is 8.36. The molecular formula is C9H7ClN6O. The molecule has 86 valence electrons. The average molecular weight is 251 g/mol. The Labute approximate surface area is 102 Å². The van der Waals surface area contributed by atoms with Gasteiger partial charge >= 0.3 is 6.01 Å². The number of aromatic nitrogens is 6. The Bertz CT molecular complexity index is 535. The molecule has 0 fully saturated rings. The van der Waals surface area contributed by atoms with Crippen molar-refractivity contribution in [3.63, 3.8) is 0 Å². The van der Waals surface area contributed by atoms with Crippen LogP contribution in [0.25, 0.3) is 5.95 Å². The highest BCUT2D eigenvalue weighted by Gasteiger charge is 2.08. The highest BCUT2D eigenvalue weighted by molar-refractivity contribution is 6.28. The van der Waals surface area contributed by atoms with Gasteiger partial charge in [0.25, 0.3) is 5.95 Å². The van der Waals surface area contributed by atoms with E-state index in [1.165, 1.54) is 17.3 Å². The lowest BCUT2D eigenvalue weighted by Crippen LogP contribution is -2.07. The Morgan fingerprint density at radius 1 is 1.41 bits per heavy atom. The highest BCUT2D eigenvalue weighted by Crippen LogP contribution is 2.10. The van der Waals surface area contributed by atoms with Crippen LogP contribution in [-0.2, 0) is 0 Å². The molecule has 0 saturated carbocycles. The molecule has 0 aromatic carbocycles. The Hall–Kier alpha value is -2.20. The van der Waals surface area contributed by atoms with Gasteiger partial charge < -0.3 is 4.74 Å². The standard InChI is InChI=1S/C9H7ClN6O/c1-2-3-4-17-9-14-7(10)13-8(15-9)16-6-11-5-12-16/h1,5-6H,3-4H2. The van der Waals surface area contributed by atoms with Gasteiger partial charge in [-0.1, -0.05) is 0 Å². The summed E-state index contributed by atoms with van der Waals surface area (Å²) in [6, 6.07) is 0.103. The molecule has 0 saturated heterocycles. The van der Waals surface area contributed by atoms with E-state index in [0.29, 0.717) is 13.0 Å². The van der Waals surface area contributed by atoms with Crippen LogP contribution >= 0.6 is 11.6 Å². The first-order chi connectivity index (χ1) is 8.29. The van der Waals surface area contributed by atoms with Gasteiger partial charge in [0.1, 0.15) is 19.3 Å². The predicted octanol–water partition coefficient (Wildman–Crippen LogP) is 0.508. The van der Waals surface area contributed by atoms with Gasteiger partial charge in [0.2, 0.25) is 5.28 Å². The summed E-state index contributed by atoms with van der Waals surface area (Å²) in [6.45, 7) is 0.313. The summed E-state index contributed by atoms with van der Waals surface area (Å²) in [5.41, 5.74) is 0. The molecule has 0 unspecified atom stereocenters. The van der Waals surface area contributed by atoms with Crippen molar-refractivity contribution in [2.24, 2.45) is 0 Å². The monoisotopic (exact) mass is 250 g/mol. The number of hydrogen-bond acceptors (Lipinski definition) is 6. The van der Waals surface area contributed by atoms with Crippen LogP contribution in [0, 0.1) is 12.3 Å². The smallest absolute Gasteiger partial charge is 0.322 e. The van der Waals surface area contributed by atoms with Crippen LogP contribution in [0.1, 0.15) is 6.42 Å². The molecule has 0 aliphatic carbocycles. The van der Waals surface area contributed by atoms with Crippen LogP contribution in [0.5, 0.6) is 6.01 Å². The maximum Gasteiger partial charge on any atom is 0.322 e. The van der Waals surface area contributed by atoms with Crippen LogP contribution in [-0.4, -0.2) is 36.3 Å². The van der Waals surface area contributed by atoms with E-state index < -0.39 is 0 Å². The molecule has 17 heavy (non-hydrogen) atoms. The van der Waals surface area contributed by atoms with Crippen LogP contribution in [0.4, 0.5) is 0 Å². The summed E-state index contributed by atoms with van der Waals surface area (Å²) in [5, 5.41) is 3.89. The molecule has 2 aromatic rings. The van der Waals surface area contributed by atoms with Crippen molar-refractivity contribution in [2.75, 3.05) is 6.61 Å². The fourth-order valence-electron chi connectivity index (χ4n) is 1.00. The zero-order valence-electron chi connectivity index (χ0n) is 8.62. The van der Waals surface area contributed by atoms with Crippen molar-refractivity contribution >= 4 is 11.6 Å². The molecule has 0 aliphatic rings. The molecule has 0 aliphatic heterocycles. The van der Waals surface area contributed by atoms with E-state index >= 15 is 0 Å². The number of hydrogen-bond donors (Lipinski definition) is 0. The van der Waals surface area contributed by atoms with Crippen molar-refractivity contribution in [1.82, 2.24) is 29.7 Å². The fourth-order valence-corrected chi connectivity index (χ4v) is 1.15. The van der Waals surface area contributed by atoms with Gasteiger partial charge in [-0.3, -0.25) is 0 Å². The number of rotatable bonds is 4. The van der Waals surface area contributed by atoms with Crippen molar-refractivity contribution < 1.29 is 4.74 Å². The van der Waals surface area contributed by atoms with E-state index in [1.807, 2.05) is 0 Å². The molecule has 2 rings (SSSR count). The van der Waals surface area contributed by atoms with Crippen LogP contribution < -0.4 is 4.74 Å². The van der Waals surface area contributed by atoms with Crippen LogP contribution in [0.15, 0.2) is 12.7 Å². The minimum absolute atomic E-state index is 0.0150. The molecule has 2 heterocycles. The summed E-state index contributed by atoms with van der Waals surface area (Å²) >= 11 is 5.74. The maximum atomic E-state index is 5.74. The summed E-state index contributed by atoms with van der Waals surface area (Å²) in [7, 11) is 0. The molecule has 8 heteroatoms. The van der Waals surface area contributed by atoms with Gasteiger partial charge in [0.05, 0.1) is 0 Å². The van der Waals surface area contributed by atoms with Gasteiger partial charge in [-0.2, -0.15) is 24.7 Å². The third kappa shape index (κ3) is 2.89. The number of halogens is 1. The molecule has 0 amide bonds. The average Bonchev–Trinajstić information content (AvgIpc) is 2.82. The minimum atomic E-state index is 0.0150. The van der Waals surface area contributed by atoms with E-state index in [-0.39, 0.29) is 17.2 Å². The molecule has 0 N–H and O–H groups in total. The number of terminal acetylenes is 1. The minimum Gasteiger partial charge on any atom is -0.462 e. The topological polar surface area (TPSA) is 78.6 Å². The SMILES string of the molecule is C#CCCOc1nc(Cl)nc(-n2cncn2)n1. The van der Waals surface area contributed by atoms with Gasteiger partial charge in [-0.25, -0.2) is 4.98 Å². The zero-order valence-corrected chi connectivity index (χ0v) is 9.37. The first kappa shape index (κ1) is 11.3. The lowest BCUT2D eigenvalue weighted by Gasteiger charge is -2.04. The molecule has 2 aromatic heterocycles. The van der Waals surface area contributed by atoms with Crippen molar-refractivity contribution in [3.8, 4) is 24.3 Å². The second-order valence-corrected chi connectivity index (χ2v) is 3.17. The lowest BCUT2D eigenvalue weighted by atomic mass is 10.5. The zero-order chi connectivity index (χ0) is 12.1. The van der Waals surface area contributed by atoms with Crippen molar-refractivity contribution in [1.29, 1.82) is 0 Å². The van der Waals surface area contributed by atoms with E-state index in [4.69, 9.17) is 22.8 Å². The van der Waals surface area contributed by atoms with E-state index in [2.05, 4.69) is 31.0 Å². The first-order valence-electron chi connectivity index (χ1n) is 4.62. The normalized spacial score (nSPS) is 9.88. The van der Waals surface area contributed by atoms with Crippen LogP contribution in [0.2, 0.25) is 5.28 Å². The molecular weight excluding hydrogens is 244 g/mol. The van der Waals surface area contributed by atoms with Gasteiger partial charge in [-0.15, -0.1) is 12.3 Å². The fraction of sp³-hybridized carbons (Fsp3) is 0.222. The lowest BCUT2D eigenvalue weighted by molar-refractivity contribution is 0.299. The van der Waals surface area contributed by atoms with E-state index in [1.54, 1.807) is 0 Å². The molecule has 0 atom stereocenters. The predicted molar refractivity (Wildman–Crippen MR) is 58.7 cm³/mol. The van der Waals surface area contributed by atoms with E-state index in [9.17, 15) is 0 Å². The van der Waals surface area contributed by atoms with Crippen molar-refractivity contribution in [2.45, 2.75) is 6.42 Å². The third-order valence-corrected chi connectivity index (χ3v) is 1.85. The Morgan fingerprint density at radius 2 is 2.29 bits per heavy atom. The summed E-state index contributed by atoms with van der Waals surface area (Å²) < 4.78 is 6.56. The molecule has 0 spiro atoms. The molecule has 0 radical (unpaired) electrons. The maximum absolute atomic E-state index is 5.74. The number of ether oxygens (including phenoxy) is 1. The van der Waals surface area contributed by atoms with Gasteiger partial charge in [-0.05, 0) is 11.6 Å². The molecule has 0 bridgehead atoms. The second kappa shape index (κ2) is 5.23. The summed E-state index contributed by atoms with van der Waals surface area (Å²) in [5.74, 6) is 2.67. The van der Waals surface area contributed by atoms with Gasteiger partial charge in [0.15, 0.2) is 0 Å². The number of nitrogens with zero attached hydrogens (tertiary/aromatic N) is 6. The highest BCUT2D eigenvalue weighted by atomic mass is 35.5. The quantitative estimate of drug-likeness (QED) is 0.581. The first-order valence-corrected chi connectivity index (χ1v) is 5.00. The van der Waals surface area contributed by atoms with Gasteiger partial charge in [0, 0.05) is 6.42 Å². The largest absolute Gasteiger partial charge is 0.462 e.